The van der Waals surface area contributed by atoms with E-state index in [0.29, 0.717) is 10.6 Å². The van der Waals surface area contributed by atoms with Crippen molar-refractivity contribution in [2.45, 2.75) is 12.3 Å². The Kier molecular flexibility index (Phi) is 3.67. The SMILES string of the molecule is CC(=O)C(Cl)C(=O)c1ccc(Cl)cc1. The molecule has 0 amide bonds. The quantitative estimate of drug-likeness (QED) is 0.455. The van der Waals surface area contributed by atoms with Crippen molar-refractivity contribution in [2.24, 2.45) is 0 Å². The molecule has 0 aliphatic carbocycles. The molecule has 0 saturated heterocycles. The Labute approximate surface area is 91.8 Å². The van der Waals surface area contributed by atoms with Crippen molar-refractivity contribution in [2.75, 3.05) is 0 Å². The number of ketones is 2. The van der Waals surface area contributed by atoms with E-state index < -0.39 is 11.2 Å². The Hall–Kier alpha value is -0.860. The third-order valence-electron chi connectivity index (χ3n) is 1.72. The maximum absolute atomic E-state index is 11.5. The van der Waals surface area contributed by atoms with Crippen LogP contribution in [0.5, 0.6) is 0 Å². The second-order valence-corrected chi connectivity index (χ2v) is 3.72. The van der Waals surface area contributed by atoms with Crippen LogP contribution in [0.4, 0.5) is 0 Å². The van der Waals surface area contributed by atoms with Crippen LogP contribution in [0.1, 0.15) is 17.3 Å². The van der Waals surface area contributed by atoms with Crippen molar-refractivity contribution in [3.8, 4) is 0 Å². The average Bonchev–Trinajstić information content (AvgIpc) is 2.16. The van der Waals surface area contributed by atoms with E-state index in [1.54, 1.807) is 24.3 Å². The molecule has 0 saturated carbocycles. The predicted molar refractivity (Wildman–Crippen MR) is 56.1 cm³/mol. The minimum absolute atomic E-state index is 0.355. The first kappa shape index (κ1) is 11.2. The molecule has 1 aromatic carbocycles. The first-order valence-electron chi connectivity index (χ1n) is 3.96. The van der Waals surface area contributed by atoms with Gasteiger partial charge in [-0.15, -0.1) is 11.6 Å². The largest absolute Gasteiger partial charge is 0.298 e. The predicted octanol–water partition coefficient (Wildman–Crippen LogP) is 2.72. The summed E-state index contributed by atoms with van der Waals surface area (Å²) in [6.07, 6.45) is 0. The maximum Gasteiger partial charge on any atom is 0.188 e. The number of Topliss-reactive ketones (excluding diaryl/α,β-unsaturated/α-hetero) is 2. The number of rotatable bonds is 3. The Balaban J connectivity index is 2.90. The first-order valence-corrected chi connectivity index (χ1v) is 4.78. The fourth-order valence-electron chi connectivity index (χ4n) is 0.945. The number of alkyl halides is 1. The molecule has 0 aromatic heterocycles. The summed E-state index contributed by atoms with van der Waals surface area (Å²) in [7, 11) is 0. The Bertz CT molecular complexity index is 357. The van der Waals surface area contributed by atoms with Crippen LogP contribution < -0.4 is 0 Å². The van der Waals surface area contributed by atoms with Crippen LogP contribution in [-0.4, -0.2) is 16.9 Å². The van der Waals surface area contributed by atoms with E-state index in [-0.39, 0.29) is 5.78 Å². The summed E-state index contributed by atoms with van der Waals surface area (Å²) in [6.45, 7) is 1.28. The zero-order valence-corrected chi connectivity index (χ0v) is 8.97. The lowest BCUT2D eigenvalue weighted by molar-refractivity contribution is -0.115. The lowest BCUT2D eigenvalue weighted by Crippen LogP contribution is -2.22. The van der Waals surface area contributed by atoms with E-state index in [4.69, 9.17) is 23.2 Å². The van der Waals surface area contributed by atoms with Gasteiger partial charge in [0.05, 0.1) is 0 Å². The van der Waals surface area contributed by atoms with Gasteiger partial charge in [0.1, 0.15) is 0 Å². The minimum Gasteiger partial charge on any atom is -0.298 e. The number of halogens is 2. The topological polar surface area (TPSA) is 34.1 Å². The summed E-state index contributed by atoms with van der Waals surface area (Å²) in [6, 6.07) is 6.25. The zero-order chi connectivity index (χ0) is 10.7. The molecular formula is C10H8Cl2O2. The lowest BCUT2D eigenvalue weighted by atomic mass is 10.1. The van der Waals surface area contributed by atoms with Crippen LogP contribution in [0.25, 0.3) is 0 Å². The number of carbonyl (C=O) groups is 2. The van der Waals surface area contributed by atoms with Crippen LogP contribution in [0.2, 0.25) is 5.02 Å². The Morgan fingerprint density at radius 2 is 1.71 bits per heavy atom. The molecule has 0 fully saturated rings. The molecule has 1 atom stereocenters. The molecule has 0 heterocycles. The van der Waals surface area contributed by atoms with Gasteiger partial charge in [-0.1, -0.05) is 11.6 Å². The highest BCUT2D eigenvalue weighted by Crippen LogP contribution is 2.13. The van der Waals surface area contributed by atoms with Crippen LogP contribution in [0.15, 0.2) is 24.3 Å². The van der Waals surface area contributed by atoms with E-state index >= 15 is 0 Å². The van der Waals surface area contributed by atoms with Gasteiger partial charge < -0.3 is 0 Å². The zero-order valence-electron chi connectivity index (χ0n) is 7.46. The second-order valence-electron chi connectivity index (χ2n) is 2.84. The van der Waals surface area contributed by atoms with Crippen molar-refractivity contribution < 1.29 is 9.59 Å². The fourth-order valence-corrected chi connectivity index (χ4v) is 1.20. The molecule has 0 bridgehead atoms. The monoisotopic (exact) mass is 230 g/mol. The molecule has 2 nitrogen and oxygen atoms in total. The molecule has 1 aromatic rings. The normalized spacial score (nSPS) is 12.2. The third-order valence-corrected chi connectivity index (χ3v) is 2.47. The van der Waals surface area contributed by atoms with Crippen LogP contribution >= 0.6 is 23.2 Å². The van der Waals surface area contributed by atoms with E-state index in [1.165, 1.54) is 6.92 Å². The van der Waals surface area contributed by atoms with Crippen molar-refractivity contribution in [3.63, 3.8) is 0 Å². The molecule has 74 valence electrons. The van der Waals surface area contributed by atoms with E-state index in [2.05, 4.69) is 0 Å². The van der Waals surface area contributed by atoms with Gasteiger partial charge >= 0.3 is 0 Å². The van der Waals surface area contributed by atoms with Gasteiger partial charge in [0.25, 0.3) is 0 Å². The van der Waals surface area contributed by atoms with Crippen LogP contribution in [0, 0.1) is 0 Å². The highest BCUT2D eigenvalue weighted by Gasteiger charge is 2.21. The molecule has 1 unspecified atom stereocenters. The van der Waals surface area contributed by atoms with Gasteiger partial charge in [0.15, 0.2) is 16.9 Å². The van der Waals surface area contributed by atoms with Crippen molar-refractivity contribution >= 4 is 34.8 Å². The number of hydrogen-bond donors (Lipinski definition) is 0. The Morgan fingerprint density at radius 3 is 2.14 bits per heavy atom. The molecule has 0 N–H and O–H groups in total. The highest BCUT2D eigenvalue weighted by molar-refractivity contribution is 6.44. The fraction of sp³-hybridized carbons (Fsp3) is 0.200. The van der Waals surface area contributed by atoms with Gasteiger partial charge in [0.2, 0.25) is 0 Å². The number of hydrogen-bond acceptors (Lipinski definition) is 2. The van der Waals surface area contributed by atoms with Gasteiger partial charge in [-0.05, 0) is 31.2 Å². The molecular weight excluding hydrogens is 223 g/mol. The van der Waals surface area contributed by atoms with Crippen molar-refractivity contribution in [3.05, 3.63) is 34.9 Å². The smallest absolute Gasteiger partial charge is 0.188 e. The van der Waals surface area contributed by atoms with Gasteiger partial charge in [-0.3, -0.25) is 9.59 Å². The van der Waals surface area contributed by atoms with Crippen LogP contribution in [-0.2, 0) is 4.79 Å². The summed E-state index contributed by atoms with van der Waals surface area (Å²) in [4.78, 5) is 22.3. The standard InChI is InChI=1S/C10H8Cl2O2/c1-6(13)9(12)10(14)7-2-4-8(11)5-3-7/h2-5,9H,1H3. The van der Waals surface area contributed by atoms with Crippen molar-refractivity contribution in [1.29, 1.82) is 0 Å². The van der Waals surface area contributed by atoms with Crippen molar-refractivity contribution in [1.82, 2.24) is 0 Å². The summed E-state index contributed by atoms with van der Waals surface area (Å²) < 4.78 is 0. The summed E-state index contributed by atoms with van der Waals surface area (Å²) >= 11 is 11.3. The lowest BCUT2D eigenvalue weighted by Gasteiger charge is -2.04. The summed E-state index contributed by atoms with van der Waals surface area (Å²) in [5.74, 6) is -0.748. The molecule has 0 aliphatic heterocycles. The van der Waals surface area contributed by atoms with E-state index in [1.807, 2.05) is 0 Å². The molecule has 4 heteroatoms. The molecule has 0 spiro atoms. The maximum atomic E-state index is 11.5. The van der Waals surface area contributed by atoms with Gasteiger partial charge in [-0.2, -0.15) is 0 Å². The summed E-state index contributed by atoms with van der Waals surface area (Å²) in [5, 5.41) is -0.563. The molecule has 14 heavy (non-hydrogen) atoms. The molecule has 1 rings (SSSR count). The first-order chi connectivity index (χ1) is 6.52. The molecule has 0 aliphatic rings. The second kappa shape index (κ2) is 4.58. The van der Waals surface area contributed by atoms with E-state index in [9.17, 15) is 9.59 Å². The average molecular weight is 231 g/mol. The summed E-state index contributed by atoms with van der Waals surface area (Å²) in [5.41, 5.74) is 0.393. The minimum atomic E-state index is -1.10. The van der Waals surface area contributed by atoms with Gasteiger partial charge in [-0.25, -0.2) is 0 Å². The van der Waals surface area contributed by atoms with E-state index in [0.717, 1.165) is 0 Å². The number of carbonyl (C=O) groups excluding carboxylic acids is 2. The van der Waals surface area contributed by atoms with Gasteiger partial charge in [0, 0.05) is 10.6 Å². The highest BCUT2D eigenvalue weighted by atomic mass is 35.5. The Morgan fingerprint density at radius 1 is 1.21 bits per heavy atom. The van der Waals surface area contributed by atoms with Crippen LogP contribution in [0.3, 0.4) is 0 Å². The third kappa shape index (κ3) is 2.56. The number of benzene rings is 1. The molecule has 0 radical (unpaired) electrons.